The van der Waals surface area contributed by atoms with Crippen molar-refractivity contribution in [3.05, 3.63) is 42.0 Å². The summed E-state index contributed by atoms with van der Waals surface area (Å²) in [6.45, 7) is 9.12. The Labute approximate surface area is 110 Å². The fourth-order valence-electron chi connectivity index (χ4n) is 1.57. The average molecular weight is 249 g/mol. The topological polar surface area (TPSA) is 30.5 Å². The average Bonchev–Trinajstić information content (AvgIpc) is 2.38. The maximum absolute atomic E-state index is 5.69. The van der Waals surface area contributed by atoms with Crippen molar-refractivity contribution in [2.75, 3.05) is 26.8 Å². The molecule has 18 heavy (non-hydrogen) atoms. The van der Waals surface area contributed by atoms with Crippen molar-refractivity contribution >= 4 is 0 Å². The summed E-state index contributed by atoms with van der Waals surface area (Å²) in [5.74, 6) is 0.862. The third kappa shape index (κ3) is 5.84. The van der Waals surface area contributed by atoms with Gasteiger partial charge in [-0.2, -0.15) is 0 Å². The van der Waals surface area contributed by atoms with E-state index < -0.39 is 0 Å². The number of benzene rings is 1. The molecule has 1 N–H and O–H groups in total. The highest BCUT2D eigenvalue weighted by Gasteiger charge is 1.99. The number of hydrogen-bond donors (Lipinski definition) is 1. The van der Waals surface area contributed by atoms with E-state index in [2.05, 4.69) is 18.8 Å². The monoisotopic (exact) mass is 249 g/mol. The molecule has 0 aliphatic carbocycles. The van der Waals surface area contributed by atoms with E-state index in [9.17, 15) is 0 Å². The molecule has 0 aliphatic heterocycles. The van der Waals surface area contributed by atoms with Crippen LogP contribution in [0.4, 0.5) is 0 Å². The first-order chi connectivity index (χ1) is 8.76. The van der Waals surface area contributed by atoms with Crippen LogP contribution in [0.25, 0.3) is 0 Å². The van der Waals surface area contributed by atoms with Crippen molar-refractivity contribution in [3.8, 4) is 5.75 Å². The predicted octanol–water partition coefficient (Wildman–Crippen LogP) is 2.77. The SMILES string of the molecule is C=C(CNCCC)COc1cccc(COC)c1. The van der Waals surface area contributed by atoms with E-state index in [1.807, 2.05) is 24.3 Å². The van der Waals surface area contributed by atoms with Gasteiger partial charge in [0.15, 0.2) is 0 Å². The second kappa shape index (κ2) is 8.72. The summed E-state index contributed by atoms with van der Waals surface area (Å²) < 4.78 is 10.8. The largest absolute Gasteiger partial charge is 0.489 e. The molecule has 0 bridgehead atoms. The lowest BCUT2D eigenvalue weighted by Gasteiger charge is -2.10. The molecule has 0 amide bonds. The van der Waals surface area contributed by atoms with Crippen molar-refractivity contribution in [2.24, 2.45) is 0 Å². The molecule has 1 aromatic rings. The summed E-state index contributed by atoms with van der Waals surface area (Å²) in [6.07, 6.45) is 1.13. The van der Waals surface area contributed by atoms with Crippen molar-refractivity contribution in [2.45, 2.75) is 20.0 Å². The predicted molar refractivity (Wildman–Crippen MR) is 75.0 cm³/mol. The van der Waals surface area contributed by atoms with Crippen LogP contribution in [0.15, 0.2) is 36.4 Å². The molecule has 0 aromatic heterocycles. The normalized spacial score (nSPS) is 10.3. The van der Waals surface area contributed by atoms with E-state index in [4.69, 9.17) is 9.47 Å². The van der Waals surface area contributed by atoms with Gasteiger partial charge >= 0.3 is 0 Å². The van der Waals surface area contributed by atoms with Gasteiger partial charge in [-0.05, 0) is 36.2 Å². The van der Waals surface area contributed by atoms with Crippen LogP contribution in [0, 0.1) is 0 Å². The zero-order valence-corrected chi connectivity index (χ0v) is 11.4. The summed E-state index contributed by atoms with van der Waals surface area (Å²) >= 11 is 0. The molecule has 1 aromatic carbocycles. The highest BCUT2D eigenvalue weighted by molar-refractivity contribution is 5.28. The summed E-state index contributed by atoms with van der Waals surface area (Å²) in [6, 6.07) is 7.94. The van der Waals surface area contributed by atoms with Crippen LogP contribution in [-0.2, 0) is 11.3 Å². The van der Waals surface area contributed by atoms with Crippen LogP contribution in [0.3, 0.4) is 0 Å². The van der Waals surface area contributed by atoms with E-state index in [0.717, 1.165) is 36.4 Å². The third-order valence-electron chi connectivity index (χ3n) is 2.45. The second-order valence-corrected chi connectivity index (χ2v) is 4.30. The van der Waals surface area contributed by atoms with Gasteiger partial charge in [-0.3, -0.25) is 0 Å². The van der Waals surface area contributed by atoms with Crippen molar-refractivity contribution in [1.82, 2.24) is 5.32 Å². The smallest absolute Gasteiger partial charge is 0.120 e. The number of nitrogens with one attached hydrogen (secondary N) is 1. The first kappa shape index (κ1) is 14.7. The van der Waals surface area contributed by atoms with Crippen LogP contribution in [-0.4, -0.2) is 26.8 Å². The number of methoxy groups -OCH3 is 1. The molecule has 0 saturated carbocycles. The Morgan fingerprint density at radius 3 is 2.94 bits per heavy atom. The molecule has 0 saturated heterocycles. The summed E-state index contributed by atoms with van der Waals surface area (Å²) in [7, 11) is 1.69. The highest BCUT2D eigenvalue weighted by atomic mass is 16.5. The minimum absolute atomic E-state index is 0.549. The molecule has 0 atom stereocenters. The van der Waals surface area contributed by atoms with Gasteiger partial charge in [0.2, 0.25) is 0 Å². The molecule has 0 heterocycles. The zero-order valence-electron chi connectivity index (χ0n) is 11.4. The molecule has 0 fully saturated rings. The van der Waals surface area contributed by atoms with E-state index >= 15 is 0 Å². The standard InChI is InChI=1S/C15H23NO2/c1-4-8-16-10-13(2)11-18-15-7-5-6-14(9-15)12-17-3/h5-7,9,16H,2,4,8,10-12H2,1,3H3. The van der Waals surface area contributed by atoms with E-state index in [-0.39, 0.29) is 0 Å². The van der Waals surface area contributed by atoms with E-state index in [1.54, 1.807) is 7.11 Å². The molecule has 3 heteroatoms. The Morgan fingerprint density at radius 2 is 2.22 bits per heavy atom. The van der Waals surface area contributed by atoms with Gasteiger partial charge in [0, 0.05) is 13.7 Å². The molecule has 1 rings (SSSR count). The highest BCUT2D eigenvalue weighted by Crippen LogP contribution is 2.14. The van der Waals surface area contributed by atoms with Crippen molar-refractivity contribution in [3.63, 3.8) is 0 Å². The van der Waals surface area contributed by atoms with E-state index in [1.165, 1.54) is 0 Å². The maximum Gasteiger partial charge on any atom is 0.120 e. The molecular weight excluding hydrogens is 226 g/mol. The van der Waals surface area contributed by atoms with Gasteiger partial charge in [-0.1, -0.05) is 25.6 Å². The molecule has 0 aliphatic rings. The zero-order chi connectivity index (χ0) is 13.2. The Bertz CT molecular complexity index is 363. The lowest BCUT2D eigenvalue weighted by atomic mass is 10.2. The van der Waals surface area contributed by atoms with Gasteiger partial charge in [-0.25, -0.2) is 0 Å². The maximum atomic E-state index is 5.69. The number of ether oxygens (including phenoxy) is 2. The third-order valence-corrected chi connectivity index (χ3v) is 2.45. The summed E-state index contributed by atoms with van der Waals surface area (Å²) in [5.41, 5.74) is 2.17. The fourth-order valence-corrected chi connectivity index (χ4v) is 1.57. The van der Waals surface area contributed by atoms with Crippen LogP contribution < -0.4 is 10.1 Å². The molecular formula is C15H23NO2. The summed E-state index contributed by atoms with van der Waals surface area (Å²) in [4.78, 5) is 0. The van der Waals surface area contributed by atoms with Crippen molar-refractivity contribution < 1.29 is 9.47 Å². The van der Waals surface area contributed by atoms with Crippen LogP contribution in [0.2, 0.25) is 0 Å². The number of hydrogen-bond acceptors (Lipinski definition) is 3. The van der Waals surface area contributed by atoms with Gasteiger partial charge < -0.3 is 14.8 Å². The molecule has 0 radical (unpaired) electrons. The van der Waals surface area contributed by atoms with Gasteiger partial charge in [-0.15, -0.1) is 0 Å². The van der Waals surface area contributed by atoms with E-state index in [0.29, 0.717) is 13.2 Å². The molecule has 0 unspecified atom stereocenters. The van der Waals surface area contributed by atoms with Crippen LogP contribution >= 0.6 is 0 Å². The minimum Gasteiger partial charge on any atom is -0.489 e. The van der Waals surface area contributed by atoms with Gasteiger partial charge in [0.1, 0.15) is 12.4 Å². The lowest BCUT2D eigenvalue weighted by Crippen LogP contribution is -2.20. The minimum atomic E-state index is 0.549. The summed E-state index contributed by atoms with van der Waals surface area (Å²) in [5, 5.41) is 3.30. The second-order valence-electron chi connectivity index (χ2n) is 4.30. The molecule has 100 valence electrons. The van der Waals surface area contributed by atoms with Gasteiger partial charge in [0.25, 0.3) is 0 Å². The Kier molecular flexibility index (Phi) is 7.14. The lowest BCUT2D eigenvalue weighted by molar-refractivity contribution is 0.184. The van der Waals surface area contributed by atoms with Crippen LogP contribution in [0.5, 0.6) is 5.75 Å². The number of rotatable bonds is 9. The molecule has 3 nitrogen and oxygen atoms in total. The Hall–Kier alpha value is -1.32. The first-order valence-electron chi connectivity index (χ1n) is 6.34. The van der Waals surface area contributed by atoms with Gasteiger partial charge in [0.05, 0.1) is 6.61 Å². The van der Waals surface area contributed by atoms with Crippen LogP contribution in [0.1, 0.15) is 18.9 Å². The quantitative estimate of drug-likeness (QED) is 0.539. The Balaban J connectivity index is 2.33. The first-order valence-corrected chi connectivity index (χ1v) is 6.34. The fraction of sp³-hybridized carbons (Fsp3) is 0.467. The van der Waals surface area contributed by atoms with Crippen molar-refractivity contribution in [1.29, 1.82) is 0 Å². The Morgan fingerprint density at radius 1 is 1.39 bits per heavy atom. The molecule has 0 spiro atoms.